The molecular weight excluding hydrogens is 196 g/mol. The van der Waals surface area contributed by atoms with E-state index in [0.29, 0.717) is 6.61 Å². The summed E-state index contributed by atoms with van der Waals surface area (Å²) in [6, 6.07) is 0. The SMILES string of the molecule is OC[C@@H]1O[C@H]1[C@H]1COC2(CCCCC2)O1. The molecule has 1 saturated carbocycles. The van der Waals surface area contributed by atoms with Gasteiger partial charge in [-0.2, -0.15) is 0 Å². The summed E-state index contributed by atoms with van der Waals surface area (Å²) in [5, 5.41) is 8.92. The molecule has 0 aromatic carbocycles. The van der Waals surface area contributed by atoms with Crippen LogP contribution in [0, 0.1) is 0 Å². The molecule has 15 heavy (non-hydrogen) atoms. The lowest BCUT2D eigenvalue weighted by Gasteiger charge is -2.31. The normalized spacial score (nSPS) is 43.4. The predicted molar refractivity (Wildman–Crippen MR) is 52.4 cm³/mol. The van der Waals surface area contributed by atoms with Crippen molar-refractivity contribution in [3.8, 4) is 0 Å². The van der Waals surface area contributed by atoms with Crippen LogP contribution in [0.25, 0.3) is 0 Å². The molecule has 4 heteroatoms. The lowest BCUT2D eigenvalue weighted by atomic mass is 9.94. The van der Waals surface area contributed by atoms with Crippen LogP contribution in [-0.2, 0) is 14.2 Å². The van der Waals surface area contributed by atoms with Crippen LogP contribution in [0.2, 0.25) is 0 Å². The van der Waals surface area contributed by atoms with Crippen molar-refractivity contribution < 1.29 is 19.3 Å². The molecular formula is C11H18O4. The van der Waals surface area contributed by atoms with Crippen LogP contribution in [0.1, 0.15) is 32.1 Å². The van der Waals surface area contributed by atoms with Crippen molar-refractivity contribution >= 4 is 0 Å². The van der Waals surface area contributed by atoms with E-state index in [4.69, 9.17) is 19.3 Å². The summed E-state index contributed by atoms with van der Waals surface area (Å²) in [5.41, 5.74) is 0. The first kappa shape index (κ1) is 10.0. The van der Waals surface area contributed by atoms with Gasteiger partial charge in [-0.3, -0.25) is 0 Å². The number of rotatable bonds is 2. The zero-order chi connectivity index (χ0) is 10.3. The minimum Gasteiger partial charge on any atom is -0.394 e. The molecule has 2 saturated heterocycles. The van der Waals surface area contributed by atoms with Crippen molar-refractivity contribution in [3.63, 3.8) is 0 Å². The fourth-order valence-electron chi connectivity index (χ4n) is 2.72. The highest BCUT2D eigenvalue weighted by atomic mass is 16.8. The summed E-state index contributed by atoms with van der Waals surface area (Å²) in [6.45, 7) is 0.721. The van der Waals surface area contributed by atoms with Gasteiger partial charge < -0.3 is 19.3 Å². The molecule has 3 atom stereocenters. The minimum atomic E-state index is -0.311. The predicted octanol–water partition coefficient (Wildman–Crippen LogP) is 0.822. The van der Waals surface area contributed by atoms with Crippen molar-refractivity contribution in [2.24, 2.45) is 0 Å². The number of aliphatic hydroxyl groups excluding tert-OH is 1. The molecule has 86 valence electrons. The Morgan fingerprint density at radius 1 is 1.20 bits per heavy atom. The van der Waals surface area contributed by atoms with E-state index in [1.54, 1.807) is 0 Å². The summed E-state index contributed by atoms with van der Waals surface area (Å²) in [6.07, 6.45) is 5.80. The van der Waals surface area contributed by atoms with Crippen molar-refractivity contribution in [2.75, 3.05) is 13.2 Å². The van der Waals surface area contributed by atoms with E-state index in [-0.39, 0.29) is 30.7 Å². The fourth-order valence-corrected chi connectivity index (χ4v) is 2.72. The highest BCUT2D eigenvalue weighted by molar-refractivity contribution is 4.95. The van der Waals surface area contributed by atoms with Gasteiger partial charge in [0.1, 0.15) is 18.3 Å². The Morgan fingerprint density at radius 2 is 2.00 bits per heavy atom. The van der Waals surface area contributed by atoms with E-state index in [2.05, 4.69) is 0 Å². The Hall–Kier alpha value is -0.160. The molecule has 1 N–H and O–H groups in total. The molecule has 0 bridgehead atoms. The average Bonchev–Trinajstić information content (AvgIpc) is 2.97. The molecule has 2 aliphatic heterocycles. The van der Waals surface area contributed by atoms with Crippen molar-refractivity contribution in [2.45, 2.75) is 56.2 Å². The lowest BCUT2D eigenvalue weighted by molar-refractivity contribution is -0.188. The monoisotopic (exact) mass is 214 g/mol. The fraction of sp³-hybridized carbons (Fsp3) is 1.00. The zero-order valence-electron chi connectivity index (χ0n) is 8.85. The first-order chi connectivity index (χ1) is 7.33. The van der Waals surface area contributed by atoms with Crippen LogP contribution >= 0.6 is 0 Å². The van der Waals surface area contributed by atoms with Gasteiger partial charge in [0.05, 0.1) is 13.2 Å². The quantitative estimate of drug-likeness (QED) is 0.691. The van der Waals surface area contributed by atoms with E-state index in [9.17, 15) is 0 Å². The minimum absolute atomic E-state index is 0.0164. The van der Waals surface area contributed by atoms with E-state index in [1.807, 2.05) is 0 Å². The highest BCUT2D eigenvalue weighted by Crippen LogP contribution is 2.41. The van der Waals surface area contributed by atoms with Crippen molar-refractivity contribution in [1.29, 1.82) is 0 Å². The molecule has 2 heterocycles. The number of hydrogen-bond donors (Lipinski definition) is 1. The first-order valence-electron chi connectivity index (χ1n) is 5.91. The molecule has 0 radical (unpaired) electrons. The molecule has 0 amide bonds. The maximum absolute atomic E-state index is 8.92. The second-order valence-electron chi connectivity index (χ2n) is 4.76. The van der Waals surface area contributed by atoms with Gasteiger partial charge in [-0.15, -0.1) is 0 Å². The highest BCUT2D eigenvalue weighted by Gasteiger charge is 2.52. The molecule has 1 aliphatic carbocycles. The van der Waals surface area contributed by atoms with Gasteiger partial charge in [-0.05, 0) is 12.8 Å². The molecule has 0 aromatic rings. The van der Waals surface area contributed by atoms with Gasteiger partial charge in [0.25, 0.3) is 0 Å². The summed E-state index contributed by atoms with van der Waals surface area (Å²) in [7, 11) is 0. The average molecular weight is 214 g/mol. The smallest absolute Gasteiger partial charge is 0.169 e. The van der Waals surface area contributed by atoms with Crippen LogP contribution in [0.15, 0.2) is 0 Å². The van der Waals surface area contributed by atoms with Gasteiger partial charge in [0, 0.05) is 12.8 Å². The van der Waals surface area contributed by atoms with Crippen LogP contribution in [0.3, 0.4) is 0 Å². The molecule has 3 aliphatic rings. The van der Waals surface area contributed by atoms with E-state index in [0.717, 1.165) is 12.8 Å². The van der Waals surface area contributed by atoms with Gasteiger partial charge in [-0.25, -0.2) is 0 Å². The molecule has 3 fully saturated rings. The third kappa shape index (κ3) is 1.80. The maximum atomic E-state index is 8.92. The van der Waals surface area contributed by atoms with Gasteiger partial charge >= 0.3 is 0 Å². The Kier molecular flexibility index (Phi) is 2.47. The molecule has 1 spiro atoms. The second-order valence-corrected chi connectivity index (χ2v) is 4.76. The summed E-state index contributed by atoms with van der Waals surface area (Å²) in [4.78, 5) is 0. The molecule has 0 aromatic heterocycles. The Labute approximate surface area is 89.5 Å². The van der Waals surface area contributed by atoms with Gasteiger partial charge in [0.2, 0.25) is 0 Å². The summed E-state index contributed by atoms with van der Waals surface area (Å²) >= 11 is 0. The maximum Gasteiger partial charge on any atom is 0.169 e. The molecule has 4 nitrogen and oxygen atoms in total. The molecule has 0 unspecified atom stereocenters. The number of epoxide rings is 1. The topological polar surface area (TPSA) is 51.2 Å². The Bertz CT molecular complexity index is 237. The molecule has 3 rings (SSSR count). The van der Waals surface area contributed by atoms with E-state index in [1.165, 1.54) is 19.3 Å². The third-order valence-corrected chi connectivity index (χ3v) is 3.66. The van der Waals surface area contributed by atoms with Gasteiger partial charge in [0.15, 0.2) is 5.79 Å². The van der Waals surface area contributed by atoms with E-state index >= 15 is 0 Å². The zero-order valence-corrected chi connectivity index (χ0v) is 8.85. The second kappa shape index (κ2) is 3.70. The largest absolute Gasteiger partial charge is 0.394 e. The Morgan fingerprint density at radius 3 is 2.67 bits per heavy atom. The first-order valence-corrected chi connectivity index (χ1v) is 5.91. The van der Waals surface area contributed by atoms with E-state index < -0.39 is 0 Å². The standard InChI is InChI=1S/C11H18O4/c12-6-8-10(14-8)9-7-13-11(15-9)4-2-1-3-5-11/h8-10,12H,1-7H2/t8-,9+,10+/m0/s1. The number of aliphatic hydroxyl groups is 1. The Balaban J connectivity index is 1.58. The van der Waals surface area contributed by atoms with Crippen LogP contribution in [-0.4, -0.2) is 42.4 Å². The third-order valence-electron chi connectivity index (χ3n) is 3.66. The number of hydrogen-bond acceptors (Lipinski definition) is 4. The van der Waals surface area contributed by atoms with Crippen LogP contribution in [0.4, 0.5) is 0 Å². The lowest BCUT2D eigenvalue weighted by Crippen LogP contribution is -2.34. The number of ether oxygens (including phenoxy) is 3. The summed E-state index contributed by atoms with van der Waals surface area (Å²) in [5.74, 6) is -0.311. The summed E-state index contributed by atoms with van der Waals surface area (Å²) < 4.78 is 17.1. The van der Waals surface area contributed by atoms with Crippen LogP contribution in [0.5, 0.6) is 0 Å². The van der Waals surface area contributed by atoms with Crippen molar-refractivity contribution in [1.82, 2.24) is 0 Å². The van der Waals surface area contributed by atoms with Gasteiger partial charge in [-0.1, -0.05) is 6.42 Å². The van der Waals surface area contributed by atoms with Crippen LogP contribution < -0.4 is 0 Å². The van der Waals surface area contributed by atoms with Crippen molar-refractivity contribution in [3.05, 3.63) is 0 Å².